The van der Waals surface area contributed by atoms with Gasteiger partial charge in [-0.2, -0.15) is 13.2 Å². The van der Waals surface area contributed by atoms with Crippen LogP contribution in [0.2, 0.25) is 0 Å². The molecule has 0 atom stereocenters. The largest absolute Gasteiger partial charge is 0.416 e. The molecule has 7 nitrogen and oxygen atoms in total. The number of rotatable bonds is 7. The smallest absolute Gasteiger partial charge is 0.346 e. The van der Waals surface area contributed by atoms with Crippen LogP contribution in [0.4, 0.5) is 24.5 Å². The van der Waals surface area contributed by atoms with Crippen molar-refractivity contribution in [2.45, 2.75) is 24.9 Å². The minimum absolute atomic E-state index is 0.0804. The van der Waals surface area contributed by atoms with Crippen molar-refractivity contribution in [3.05, 3.63) is 63.2 Å². The number of para-hydroxylation sites is 1. The van der Waals surface area contributed by atoms with Gasteiger partial charge in [0.2, 0.25) is 11.8 Å². The third kappa shape index (κ3) is 6.21. The van der Waals surface area contributed by atoms with E-state index < -0.39 is 34.2 Å². The average Bonchev–Trinajstić information content (AvgIpc) is 2.66. The first-order valence-electron chi connectivity index (χ1n) is 8.60. The Morgan fingerprint density at radius 1 is 1.10 bits per heavy atom. The van der Waals surface area contributed by atoms with Crippen LogP contribution in [-0.4, -0.2) is 29.0 Å². The number of anilines is 1. The molecule has 0 saturated carbocycles. The highest BCUT2D eigenvalue weighted by Crippen LogP contribution is 2.36. The number of nitrogens with one attached hydrogen (secondary N) is 2. The van der Waals surface area contributed by atoms with Crippen LogP contribution in [0.1, 0.15) is 16.7 Å². The Morgan fingerprint density at radius 3 is 2.30 bits per heavy atom. The van der Waals surface area contributed by atoms with Crippen molar-refractivity contribution >= 4 is 35.0 Å². The highest BCUT2D eigenvalue weighted by atomic mass is 32.2. The second-order valence-corrected chi connectivity index (χ2v) is 7.33. The number of nitro groups is 1. The van der Waals surface area contributed by atoms with Gasteiger partial charge in [0.15, 0.2) is 0 Å². The van der Waals surface area contributed by atoms with Crippen LogP contribution in [0.5, 0.6) is 0 Å². The molecule has 11 heteroatoms. The summed E-state index contributed by atoms with van der Waals surface area (Å²) in [7, 11) is 0. The van der Waals surface area contributed by atoms with Gasteiger partial charge in [-0.1, -0.05) is 18.2 Å². The van der Waals surface area contributed by atoms with Crippen LogP contribution in [0.3, 0.4) is 0 Å². The molecule has 0 radical (unpaired) electrons. The van der Waals surface area contributed by atoms with Gasteiger partial charge in [-0.15, -0.1) is 11.8 Å². The van der Waals surface area contributed by atoms with E-state index >= 15 is 0 Å². The highest BCUT2D eigenvalue weighted by molar-refractivity contribution is 8.00. The molecule has 2 rings (SSSR count). The maximum Gasteiger partial charge on any atom is 0.416 e. The summed E-state index contributed by atoms with van der Waals surface area (Å²) in [5.41, 5.74) is 0.479. The van der Waals surface area contributed by atoms with Crippen LogP contribution >= 0.6 is 11.8 Å². The van der Waals surface area contributed by atoms with Gasteiger partial charge in [-0.05, 0) is 37.1 Å². The number of nitrogens with zero attached hydrogens (tertiary/aromatic N) is 1. The van der Waals surface area contributed by atoms with Gasteiger partial charge in [0, 0.05) is 11.8 Å². The van der Waals surface area contributed by atoms with Crippen molar-refractivity contribution in [2.24, 2.45) is 0 Å². The lowest BCUT2D eigenvalue weighted by atomic mass is 10.1. The van der Waals surface area contributed by atoms with Gasteiger partial charge in [-0.3, -0.25) is 19.7 Å². The number of halogens is 3. The van der Waals surface area contributed by atoms with E-state index in [9.17, 15) is 32.9 Å². The Kier molecular flexibility index (Phi) is 7.43. The van der Waals surface area contributed by atoms with E-state index in [1.54, 1.807) is 0 Å². The predicted octanol–water partition coefficient (Wildman–Crippen LogP) is 4.08. The SMILES string of the molecule is Cc1cccc(C)c1NC(=O)CNC(=O)CSc1ccc(C(F)(F)F)cc1[N+](=O)[O-]. The lowest BCUT2D eigenvalue weighted by Gasteiger charge is -2.12. The van der Waals surface area contributed by atoms with Crippen LogP contribution in [0.25, 0.3) is 0 Å². The highest BCUT2D eigenvalue weighted by Gasteiger charge is 2.33. The van der Waals surface area contributed by atoms with Gasteiger partial charge in [0.05, 0.1) is 27.7 Å². The van der Waals surface area contributed by atoms with Gasteiger partial charge < -0.3 is 10.6 Å². The van der Waals surface area contributed by atoms with E-state index in [1.807, 2.05) is 32.0 Å². The molecule has 0 bridgehead atoms. The van der Waals surface area contributed by atoms with Crippen molar-refractivity contribution in [3.8, 4) is 0 Å². The monoisotopic (exact) mass is 441 g/mol. The number of carbonyl (C=O) groups is 2. The number of benzene rings is 2. The molecule has 2 N–H and O–H groups in total. The minimum atomic E-state index is -4.71. The zero-order chi connectivity index (χ0) is 22.5. The molecule has 0 saturated heterocycles. The number of nitro benzene ring substituents is 1. The molecule has 2 amide bonds. The van der Waals surface area contributed by atoms with Crippen molar-refractivity contribution in [2.75, 3.05) is 17.6 Å². The summed E-state index contributed by atoms with van der Waals surface area (Å²) in [6.07, 6.45) is -4.71. The Hall–Kier alpha value is -3.08. The molecule has 0 spiro atoms. The summed E-state index contributed by atoms with van der Waals surface area (Å²) in [5, 5.41) is 16.1. The van der Waals surface area contributed by atoms with E-state index in [0.29, 0.717) is 29.6 Å². The quantitative estimate of drug-likeness (QED) is 0.383. The molecule has 2 aromatic rings. The average molecular weight is 441 g/mol. The maximum absolute atomic E-state index is 12.7. The van der Waals surface area contributed by atoms with E-state index in [2.05, 4.69) is 10.6 Å². The lowest BCUT2D eigenvalue weighted by Crippen LogP contribution is -2.34. The zero-order valence-electron chi connectivity index (χ0n) is 16.0. The Labute approximate surface area is 174 Å². The van der Waals surface area contributed by atoms with Crippen molar-refractivity contribution in [1.29, 1.82) is 0 Å². The zero-order valence-corrected chi connectivity index (χ0v) is 16.8. The van der Waals surface area contributed by atoms with E-state index in [-0.39, 0.29) is 17.2 Å². The van der Waals surface area contributed by atoms with Crippen LogP contribution in [0.15, 0.2) is 41.3 Å². The number of alkyl halides is 3. The minimum Gasteiger partial charge on any atom is -0.346 e. The predicted molar refractivity (Wildman–Crippen MR) is 106 cm³/mol. The molecule has 0 aliphatic heterocycles. The molecule has 0 heterocycles. The number of thioether (sulfide) groups is 1. The van der Waals surface area contributed by atoms with Crippen molar-refractivity contribution < 1.29 is 27.7 Å². The van der Waals surface area contributed by atoms with Gasteiger partial charge >= 0.3 is 6.18 Å². The fraction of sp³-hybridized carbons (Fsp3) is 0.263. The van der Waals surface area contributed by atoms with Gasteiger partial charge in [0.1, 0.15) is 0 Å². The fourth-order valence-electron chi connectivity index (χ4n) is 2.53. The van der Waals surface area contributed by atoms with E-state index in [0.717, 1.165) is 17.2 Å². The lowest BCUT2D eigenvalue weighted by molar-refractivity contribution is -0.388. The first kappa shape index (κ1) is 23.2. The van der Waals surface area contributed by atoms with Gasteiger partial charge in [0.25, 0.3) is 5.69 Å². The Balaban J connectivity index is 1.93. The molecule has 0 unspecified atom stereocenters. The second kappa shape index (κ2) is 9.61. The van der Waals surface area contributed by atoms with Gasteiger partial charge in [-0.25, -0.2) is 0 Å². The maximum atomic E-state index is 12.7. The first-order chi connectivity index (χ1) is 14.0. The Bertz CT molecular complexity index is 960. The number of carbonyl (C=O) groups excluding carboxylic acids is 2. The standard InChI is InChI=1S/C19H18F3N3O4S/c1-11-4-3-5-12(2)18(11)24-16(26)9-23-17(27)10-30-15-7-6-13(19(20,21)22)8-14(15)25(28)29/h3-8H,9-10H2,1-2H3,(H,23,27)(H,24,26). The van der Waals surface area contributed by atoms with Crippen molar-refractivity contribution in [1.82, 2.24) is 5.32 Å². The third-order valence-electron chi connectivity index (χ3n) is 4.03. The number of hydrogen-bond acceptors (Lipinski definition) is 5. The molecule has 0 aliphatic rings. The van der Waals surface area contributed by atoms with Crippen molar-refractivity contribution in [3.63, 3.8) is 0 Å². The number of aryl methyl sites for hydroxylation is 2. The second-order valence-electron chi connectivity index (χ2n) is 6.32. The topological polar surface area (TPSA) is 101 Å². The molecule has 2 aromatic carbocycles. The van der Waals surface area contributed by atoms with E-state index in [4.69, 9.17) is 0 Å². The molecule has 30 heavy (non-hydrogen) atoms. The summed E-state index contributed by atoms with van der Waals surface area (Å²) in [5.74, 6) is -1.35. The first-order valence-corrected chi connectivity index (χ1v) is 9.59. The normalized spacial score (nSPS) is 11.1. The summed E-state index contributed by atoms with van der Waals surface area (Å²) in [6.45, 7) is 3.34. The molecular weight excluding hydrogens is 423 g/mol. The molecule has 160 valence electrons. The summed E-state index contributed by atoms with van der Waals surface area (Å²) < 4.78 is 38.2. The third-order valence-corrected chi connectivity index (χ3v) is 5.10. The van der Waals surface area contributed by atoms with E-state index in [1.165, 1.54) is 0 Å². The molecule has 0 aliphatic carbocycles. The molecular formula is C19H18F3N3O4S. The van der Waals surface area contributed by atoms with Crippen LogP contribution < -0.4 is 10.6 Å². The van der Waals surface area contributed by atoms with Crippen LogP contribution in [0, 0.1) is 24.0 Å². The number of hydrogen-bond donors (Lipinski definition) is 2. The summed E-state index contributed by atoms with van der Waals surface area (Å²) in [4.78, 5) is 34.0. The Morgan fingerprint density at radius 2 is 1.73 bits per heavy atom. The summed E-state index contributed by atoms with van der Waals surface area (Å²) >= 11 is 0.711. The van der Waals surface area contributed by atoms with Crippen LogP contribution in [-0.2, 0) is 15.8 Å². The summed E-state index contributed by atoms with van der Waals surface area (Å²) in [6, 6.07) is 7.60. The number of amides is 2. The fourth-order valence-corrected chi connectivity index (χ4v) is 3.36. The molecule has 0 aromatic heterocycles. The molecule has 0 fully saturated rings.